The minimum absolute atomic E-state index is 0.760. The van der Waals surface area contributed by atoms with E-state index in [0.717, 1.165) is 47.9 Å². The molecular formula is C12H15ClN4. The molecule has 1 saturated heterocycles. The third-order valence-corrected chi connectivity index (χ3v) is 3.53. The van der Waals surface area contributed by atoms with Crippen molar-refractivity contribution in [2.75, 3.05) is 38.1 Å². The molecule has 0 radical (unpaired) electrons. The first-order valence-electron chi connectivity index (χ1n) is 5.80. The van der Waals surface area contributed by atoms with E-state index in [1.54, 1.807) is 6.33 Å². The first-order valence-corrected chi connectivity index (χ1v) is 6.18. The van der Waals surface area contributed by atoms with Gasteiger partial charge in [-0.25, -0.2) is 4.98 Å². The number of likely N-dealkylation sites (N-methyl/N-ethyl adjacent to an activating group) is 1. The van der Waals surface area contributed by atoms with E-state index >= 15 is 0 Å². The van der Waals surface area contributed by atoms with Crippen molar-refractivity contribution in [1.29, 1.82) is 0 Å². The van der Waals surface area contributed by atoms with Crippen LogP contribution in [0.3, 0.4) is 0 Å². The molecule has 1 N–H and O–H groups in total. The van der Waals surface area contributed by atoms with Crippen molar-refractivity contribution >= 4 is 28.3 Å². The highest BCUT2D eigenvalue weighted by molar-refractivity contribution is 6.31. The second-order valence-electron chi connectivity index (χ2n) is 4.51. The molecule has 2 heterocycles. The third-order valence-electron chi connectivity index (χ3n) is 3.31. The zero-order valence-electron chi connectivity index (χ0n) is 9.78. The van der Waals surface area contributed by atoms with Gasteiger partial charge < -0.3 is 14.8 Å². The van der Waals surface area contributed by atoms with Crippen LogP contribution in [-0.4, -0.2) is 48.1 Å². The summed E-state index contributed by atoms with van der Waals surface area (Å²) in [6.45, 7) is 4.22. The molecule has 1 aromatic carbocycles. The van der Waals surface area contributed by atoms with Crippen LogP contribution in [0.4, 0.5) is 5.69 Å². The lowest BCUT2D eigenvalue weighted by Gasteiger charge is -2.34. The maximum Gasteiger partial charge on any atom is 0.112 e. The number of aromatic amines is 1. The summed E-state index contributed by atoms with van der Waals surface area (Å²) in [7, 11) is 2.15. The van der Waals surface area contributed by atoms with Gasteiger partial charge in [-0.3, -0.25) is 0 Å². The molecule has 2 aromatic rings. The lowest BCUT2D eigenvalue weighted by Crippen LogP contribution is -2.44. The number of benzene rings is 1. The van der Waals surface area contributed by atoms with Crippen LogP contribution >= 0.6 is 11.6 Å². The largest absolute Gasteiger partial charge is 0.367 e. The van der Waals surface area contributed by atoms with Gasteiger partial charge in [0.25, 0.3) is 0 Å². The third kappa shape index (κ3) is 1.98. The number of hydrogen-bond acceptors (Lipinski definition) is 3. The van der Waals surface area contributed by atoms with Gasteiger partial charge in [-0.1, -0.05) is 11.6 Å². The van der Waals surface area contributed by atoms with Crippen LogP contribution in [0.2, 0.25) is 5.02 Å². The van der Waals surface area contributed by atoms with Crippen LogP contribution < -0.4 is 4.90 Å². The highest BCUT2D eigenvalue weighted by atomic mass is 35.5. The quantitative estimate of drug-likeness (QED) is 0.841. The summed E-state index contributed by atoms with van der Waals surface area (Å²) >= 11 is 6.14. The van der Waals surface area contributed by atoms with Crippen LogP contribution in [0, 0.1) is 0 Å². The summed E-state index contributed by atoms with van der Waals surface area (Å²) in [5, 5.41) is 0.760. The minimum Gasteiger partial charge on any atom is -0.367 e. The summed E-state index contributed by atoms with van der Waals surface area (Å²) in [6.07, 6.45) is 1.72. The molecule has 17 heavy (non-hydrogen) atoms. The molecule has 0 aliphatic carbocycles. The highest BCUT2D eigenvalue weighted by Crippen LogP contribution is 2.29. The predicted octanol–water partition coefficient (Wildman–Crippen LogP) is 1.97. The SMILES string of the molecule is CN1CCN(c2cc(Cl)cc3[nH]cnc23)CC1. The van der Waals surface area contributed by atoms with E-state index in [4.69, 9.17) is 11.6 Å². The standard InChI is InChI=1S/C12H15ClN4/c1-16-2-4-17(5-3-16)11-7-9(13)6-10-12(11)15-8-14-10/h6-8H,2-5H2,1H3,(H,14,15). The zero-order chi connectivity index (χ0) is 11.8. The van der Waals surface area contributed by atoms with E-state index in [0.29, 0.717) is 0 Å². The van der Waals surface area contributed by atoms with Crippen molar-refractivity contribution in [2.45, 2.75) is 0 Å². The second-order valence-corrected chi connectivity index (χ2v) is 4.95. The highest BCUT2D eigenvalue weighted by Gasteiger charge is 2.17. The van der Waals surface area contributed by atoms with Crippen LogP contribution in [0.1, 0.15) is 0 Å². The molecule has 0 saturated carbocycles. The van der Waals surface area contributed by atoms with Gasteiger partial charge in [0.1, 0.15) is 5.52 Å². The Hall–Kier alpha value is -1.26. The molecule has 1 aromatic heterocycles. The molecule has 90 valence electrons. The number of rotatable bonds is 1. The van der Waals surface area contributed by atoms with Crippen molar-refractivity contribution in [1.82, 2.24) is 14.9 Å². The molecule has 0 bridgehead atoms. The van der Waals surface area contributed by atoms with Gasteiger partial charge >= 0.3 is 0 Å². The number of anilines is 1. The van der Waals surface area contributed by atoms with Crippen LogP contribution in [0.5, 0.6) is 0 Å². The second kappa shape index (κ2) is 4.20. The molecule has 0 amide bonds. The van der Waals surface area contributed by atoms with Crippen molar-refractivity contribution in [3.05, 3.63) is 23.5 Å². The molecule has 0 atom stereocenters. The van der Waals surface area contributed by atoms with E-state index in [-0.39, 0.29) is 0 Å². The van der Waals surface area contributed by atoms with Crippen molar-refractivity contribution in [3.63, 3.8) is 0 Å². The van der Waals surface area contributed by atoms with E-state index in [1.165, 1.54) is 0 Å². The maximum absolute atomic E-state index is 6.14. The fraction of sp³-hybridized carbons (Fsp3) is 0.417. The molecule has 0 unspecified atom stereocenters. The van der Waals surface area contributed by atoms with Gasteiger partial charge in [0, 0.05) is 31.2 Å². The molecule has 3 rings (SSSR count). The van der Waals surface area contributed by atoms with E-state index in [2.05, 4.69) is 26.8 Å². The van der Waals surface area contributed by atoms with Gasteiger partial charge in [0.05, 0.1) is 17.5 Å². The average molecular weight is 251 g/mol. The molecule has 1 aliphatic heterocycles. The van der Waals surface area contributed by atoms with Gasteiger partial charge in [0.2, 0.25) is 0 Å². The Kier molecular flexibility index (Phi) is 2.68. The van der Waals surface area contributed by atoms with Gasteiger partial charge in [-0.2, -0.15) is 0 Å². The molecule has 1 aliphatic rings. The predicted molar refractivity (Wildman–Crippen MR) is 70.8 cm³/mol. The van der Waals surface area contributed by atoms with Crippen LogP contribution in [0.15, 0.2) is 18.5 Å². The summed E-state index contributed by atoms with van der Waals surface area (Å²) < 4.78 is 0. The topological polar surface area (TPSA) is 35.2 Å². The summed E-state index contributed by atoms with van der Waals surface area (Å²) in [6, 6.07) is 3.93. The number of aromatic nitrogens is 2. The molecule has 0 spiro atoms. The number of piperazine rings is 1. The van der Waals surface area contributed by atoms with Crippen LogP contribution in [-0.2, 0) is 0 Å². The molecule has 5 heteroatoms. The smallest absolute Gasteiger partial charge is 0.112 e. The number of halogens is 1. The van der Waals surface area contributed by atoms with Crippen molar-refractivity contribution in [2.24, 2.45) is 0 Å². The zero-order valence-corrected chi connectivity index (χ0v) is 10.5. The lowest BCUT2D eigenvalue weighted by atomic mass is 10.2. The number of nitrogens with one attached hydrogen (secondary N) is 1. The number of hydrogen-bond donors (Lipinski definition) is 1. The lowest BCUT2D eigenvalue weighted by molar-refractivity contribution is 0.313. The summed E-state index contributed by atoms with van der Waals surface area (Å²) in [5.74, 6) is 0. The number of fused-ring (bicyclic) bond motifs is 1. The monoisotopic (exact) mass is 250 g/mol. The first-order chi connectivity index (χ1) is 8.24. The number of imidazole rings is 1. The van der Waals surface area contributed by atoms with Crippen molar-refractivity contribution in [3.8, 4) is 0 Å². The van der Waals surface area contributed by atoms with Gasteiger partial charge in [-0.15, -0.1) is 0 Å². The van der Waals surface area contributed by atoms with Crippen molar-refractivity contribution < 1.29 is 0 Å². The minimum atomic E-state index is 0.760. The molecule has 1 fully saturated rings. The Balaban J connectivity index is 2.01. The fourth-order valence-electron chi connectivity index (χ4n) is 2.29. The summed E-state index contributed by atoms with van der Waals surface area (Å²) in [4.78, 5) is 12.2. The Labute approximate surface area is 105 Å². The first kappa shape index (κ1) is 10.9. The fourth-order valence-corrected chi connectivity index (χ4v) is 2.50. The molecule has 4 nitrogen and oxygen atoms in total. The number of H-pyrrole nitrogens is 1. The van der Waals surface area contributed by atoms with E-state index in [9.17, 15) is 0 Å². The van der Waals surface area contributed by atoms with Gasteiger partial charge in [0.15, 0.2) is 0 Å². The Morgan fingerprint density at radius 1 is 1.24 bits per heavy atom. The summed E-state index contributed by atoms with van der Waals surface area (Å²) in [5.41, 5.74) is 3.16. The van der Waals surface area contributed by atoms with E-state index in [1.807, 2.05) is 12.1 Å². The van der Waals surface area contributed by atoms with Gasteiger partial charge in [-0.05, 0) is 19.2 Å². The maximum atomic E-state index is 6.14. The average Bonchev–Trinajstić information content (AvgIpc) is 2.77. The normalized spacial score (nSPS) is 17.9. The Morgan fingerprint density at radius 3 is 2.76 bits per heavy atom. The van der Waals surface area contributed by atoms with Crippen LogP contribution in [0.25, 0.3) is 11.0 Å². The Morgan fingerprint density at radius 2 is 2.00 bits per heavy atom. The van der Waals surface area contributed by atoms with E-state index < -0.39 is 0 Å². The Bertz CT molecular complexity index is 528. The number of nitrogens with zero attached hydrogens (tertiary/aromatic N) is 3. The molecular weight excluding hydrogens is 236 g/mol.